The van der Waals surface area contributed by atoms with Crippen molar-refractivity contribution in [2.75, 3.05) is 20.1 Å². The molecule has 1 heterocycles. The number of amides is 1. The smallest absolute Gasteiger partial charge is 0.216 e. The van der Waals surface area contributed by atoms with Gasteiger partial charge in [0.1, 0.15) is 0 Å². The van der Waals surface area contributed by atoms with Crippen molar-refractivity contribution in [1.82, 2.24) is 10.2 Å². The maximum atomic E-state index is 10.7. The lowest BCUT2D eigenvalue weighted by molar-refractivity contribution is -0.119. The molecule has 0 aliphatic carbocycles. The van der Waals surface area contributed by atoms with Crippen LogP contribution in [0.4, 0.5) is 0 Å². The number of likely N-dealkylation sites (tertiary alicyclic amines) is 1. The lowest BCUT2D eigenvalue weighted by Crippen LogP contribution is -2.41. The van der Waals surface area contributed by atoms with Gasteiger partial charge in [0, 0.05) is 19.5 Å². The number of nitrogens with one attached hydrogen (secondary N) is 1. The van der Waals surface area contributed by atoms with Gasteiger partial charge in [0.2, 0.25) is 5.91 Å². The Morgan fingerprint density at radius 2 is 2.31 bits per heavy atom. The van der Waals surface area contributed by atoms with E-state index in [0.717, 1.165) is 13.1 Å². The summed E-state index contributed by atoms with van der Waals surface area (Å²) >= 11 is 0. The van der Waals surface area contributed by atoms with Crippen molar-refractivity contribution in [3.8, 4) is 0 Å². The molecule has 0 saturated carbocycles. The van der Waals surface area contributed by atoms with E-state index in [0.29, 0.717) is 12.0 Å². The summed E-state index contributed by atoms with van der Waals surface area (Å²) in [7, 11) is 2.17. The molecule has 1 aliphatic heterocycles. The standard InChI is InChI=1S/C10H20N2O/c1-8-6-10(4-5-12(8)3)7-11-9(2)13/h8,10H,4-7H2,1-3H3,(H,11,13). The van der Waals surface area contributed by atoms with E-state index in [1.54, 1.807) is 6.92 Å². The second kappa shape index (κ2) is 4.61. The first kappa shape index (κ1) is 10.5. The van der Waals surface area contributed by atoms with E-state index in [-0.39, 0.29) is 5.91 Å². The fourth-order valence-corrected chi connectivity index (χ4v) is 1.86. The molecule has 1 rings (SSSR count). The lowest BCUT2D eigenvalue weighted by Gasteiger charge is -2.34. The predicted octanol–water partition coefficient (Wildman–Crippen LogP) is 0.853. The molecule has 1 saturated heterocycles. The summed E-state index contributed by atoms with van der Waals surface area (Å²) in [5.41, 5.74) is 0. The number of rotatable bonds is 2. The van der Waals surface area contributed by atoms with Gasteiger partial charge in [0.25, 0.3) is 0 Å². The molecule has 0 aromatic carbocycles. The zero-order valence-electron chi connectivity index (χ0n) is 8.84. The number of hydrogen-bond acceptors (Lipinski definition) is 2. The Morgan fingerprint density at radius 1 is 1.62 bits per heavy atom. The molecule has 2 atom stereocenters. The van der Waals surface area contributed by atoms with Crippen LogP contribution >= 0.6 is 0 Å². The van der Waals surface area contributed by atoms with Gasteiger partial charge in [0.15, 0.2) is 0 Å². The van der Waals surface area contributed by atoms with Gasteiger partial charge >= 0.3 is 0 Å². The van der Waals surface area contributed by atoms with E-state index in [1.165, 1.54) is 12.8 Å². The summed E-state index contributed by atoms with van der Waals surface area (Å²) < 4.78 is 0. The van der Waals surface area contributed by atoms with Gasteiger partial charge in [0.05, 0.1) is 0 Å². The van der Waals surface area contributed by atoms with E-state index in [2.05, 4.69) is 24.2 Å². The maximum Gasteiger partial charge on any atom is 0.216 e. The van der Waals surface area contributed by atoms with Crippen molar-refractivity contribution in [2.45, 2.75) is 32.7 Å². The molecular formula is C10H20N2O. The average Bonchev–Trinajstić information content (AvgIpc) is 2.07. The quantitative estimate of drug-likeness (QED) is 0.690. The zero-order chi connectivity index (χ0) is 9.84. The first-order chi connectivity index (χ1) is 6.09. The van der Waals surface area contributed by atoms with Crippen molar-refractivity contribution >= 4 is 5.91 Å². The summed E-state index contributed by atoms with van der Waals surface area (Å²) in [5.74, 6) is 0.765. The van der Waals surface area contributed by atoms with Crippen LogP contribution in [-0.4, -0.2) is 37.0 Å². The third kappa shape index (κ3) is 3.35. The van der Waals surface area contributed by atoms with E-state index >= 15 is 0 Å². The molecular weight excluding hydrogens is 164 g/mol. The Balaban J connectivity index is 2.25. The minimum Gasteiger partial charge on any atom is -0.356 e. The summed E-state index contributed by atoms with van der Waals surface area (Å²) in [6.45, 7) is 5.84. The Kier molecular flexibility index (Phi) is 3.72. The normalized spacial score (nSPS) is 30.1. The molecule has 0 bridgehead atoms. The molecule has 0 aromatic heterocycles. The maximum absolute atomic E-state index is 10.7. The third-order valence-electron chi connectivity index (χ3n) is 2.96. The molecule has 3 heteroatoms. The van der Waals surface area contributed by atoms with Crippen LogP contribution in [0.1, 0.15) is 26.7 Å². The molecule has 3 nitrogen and oxygen atoms in total. The highest BCUT2D eigenvalue weighted by molar-refractivity contribution is 5.72. The van der Waals surface area contributed by atoms with Gasteiger partial charge in [-0.25, -0.2) is 0 Å². The van der Waals surface area contributed by atoms with Crippen LogP contribution in [0.5, 0.6) is 0 Å². The second-order valence-corrected chi connectivity index (χ2v) is 4.16. The highest BCUT2D eigenvalue weighted by atomic mass is 16.1. The van der Waals surface area contributed by atoms with Crippen LogP contribution in [0.15, 0.2) is 0 Å². The van der Waals surface area contributed by atoms with Gasteiger partial charge in [-0.05, 0) is 39.3 Å². The lowest BCUT2D eigenvalue weighted by atomic mass is 9.92. The minimum atomic E-state index is 0.0894. The first-order valence-electron chi connectivity index (χ1n) is 5.04. The summed E-state index contributed by atoms with van der Waals surface area (Å²) in [6.07, 6.45) is 2.41. The summed E-state index contributed by atoms with van der Waals surface area (Å²) in [4.78, 5) is 13.1. The Hall–Kier alpha value is -0.570. The van der Waals surface area contributed by atoms with Crippen molar-refractivity contribution in [3.63, 3.8) is 0 Å². The fourth-order valence-electron chi connectivity index (χ4n) is 1.86. The van der Waals surface area contributed by atoms with E-state index in [4.69, 9.17) is 0 Å². The highest BCUT2D eigenvalue weighted by Gasteiger charge is 2.22. The first-order valence-corrected chi connectivity index (χ1v) is 5.04. The molecule has 1 N–H and O–H groups in total. The number of carbonyl (C=O) groups is 1. The van der Waals surface area contributed by atoms with Gasteiger partial charge in [-0.3, -0.25) is 4.79 Å². The zero-order valence-corrected chi connectivity index (χ0v) is 8.84. The van der Waals surface area contributed by atoms with E-state index in [1.807, 2.05) is 0 Å². The number of carbonyl (C=O) groups excluding carboxylic acids is 1. The van der Waals surface area contributed by atoms with E-state index < -0.39 is 0 Å². The molecule has 1 fully saturated rings. The Morgan fingerprint density at radius 3 is 2.85 bits per heavy atom. The second-order valence-electron chi connectivity index (χ2n) is 4.16. The monoisotopic (exact) mass is 184 g/mol. The summed E-state index contributed by atoms with van der Waals surface area (Å²) in [6, 6.07) is 0.660. The third-order valence-corrected chi connectivity index (χ3v) is 2.96. The van der Waals surface area contributed by atoms with Crippen molar-refractivity contribution in [1.29, 1.82) is 0 Å². The largest absolute Gasteiger partial charge is 0.356 e. The minimum absolute atomic E-state index is 0.0894. The SMILES string of the molecule is CC(=O)NCC1CCN(C)C(C)C1. The van der Waals surface area contributed by atoms with Crippen LogP contribution < -0.4 is 5.32 Å². The number of piperidine rings is 1. The Labute approximate surface area is 80.5 Å². The molecule has 1 amide bonds. The van der Waals surface area contributed by atoms with Gasteiger partial charge in [-0.15, -0.1) is 0 Å². The van der Waals surface area contributed by atoms with Crippen molar-refractivity contribution < 1.29 is 4.79 Å². The van der Waals surface area contributed by atoms with E-state index in [9.17, 15) is 4.79 Å². The van der Waals surface area contributed by atoms with Gasteiger partial charge in [-0.2, -0.15) is 0 Å². The average molecular weight is 184 g/mol. The molecule has 0 aromatic rings. The number of nitrogens with zero attached hydrogens (tertiary/aromatic N) is 1. The molecule has 13 heavy (non-hydrogen) atoms. The molecule has 0 radical (unpaired) electrons. The molecule has 2 unspecified atom stereocenters. The van der Waals surface area contributed by atoms with Crippen LogP contribution in [0, 0.1) is 5.92 Å². The van der Waals surface area contributed by atoms with Crippen LogP contribution in [0.2, 0.25) is 0 Å². The fraction of sp³-hybridized carbons (Fsp3) is 0.900. The molecule has 0 spiro atoms. The topological polar surface area (TPSA) is 32.3 Å². The number of hydrogen-bond donors (Lipinski definition) is 1. The Bertz CT molecular complexity index is 182. The van der Waals surface area contributed by atoms with Gasteiger partial charge < -0.3 is 10.2 Å². The van der Waals surface area contributed by atoms with Crippen molar-refractivity contribution in [2.24, 2.45) is 5.92 Å². The van der Waals surface area contributed by atoms with Crippen LogP contribution in [0.25, 0.3) is 0 Å². The van der Waals surface area contributed by atoms with Crippen LogP contribution in [0.3, 0.4) is 0 Å². The molecule has 1 aliphatic rings. The van der Waals surface area contributed by atoms with Crippen LogP contribution in [-0.2, 0) is 4.79 Å². The highest BCUT2D eigenvalue weighted by Crippen LogP contribution is 2.20. The predicted molar refractivity (Wildman–Crippen MR) is 53.5 cm³/mol. The van der Waals surface area contributed by atoms with Gasteiger partial charge in [-0.1, -0.05) is 0 Å². The summed E-state index contributed by atoms with van der Waals surface area (Å²) in [5, 5.41) is 2.89. The van der Waals surface area contributed by atoms with Crippen molar-refractivity contribution in [3.05, 3.63) is 0 Å². The molecule has 76 valence electrons.